The fourth-order valence-corrected chi connectivity index (χ4v) is 3.71. The summed E-state index contributed by atoms with van der Waals surface area (Å²) in [7, 11) is 0.968. The van der Waals surface area contributed by atoms with Crippen LogP contribution in [0, 0.1) is 0 Å². The van der Waals surface area contributed by atoms with Crippen molar-refractivity contribution in [1.29, 1.82) is 0 Å². The van der Waals surface area contributed by atoms with Crippen LogP contribution >= 0.6 is 0 Å². The minimum atomic E-state index is -0.715. The molecule has 0 bridgehead atoms. The Kier molecular flexibility index (Phi) is 7.53. The average Bonchev–Trinajstić information content (AvgIpc) is 2.64. The zero-order chi connectivity index (χ0) is 17.2. The molecule has 2 nitrogen and oxygen atoms in total. The normalized spacial score (nSPS) is 12.2. The predicted molar refractivity (Wildman–Crippen MR) is 106 cm³/mol. The third-order valence-corrected chi connectivity index (χ3v) is 5.43. The third kappa shape index (κ3) is 5.51. The van der Waals surface area contributed by atoms with Crippen LogP contribution in [0.3, 0.4) is 0 Å². The first-order valence-electron chi connectivity index (χ1n) is 8.33. The highest BCUT2D eigenvalue weighted by atomic mass is 28.2. The molecule has 0 radical (unpaired) electrons. The molecule has 2 rings (SSSR count). The summed E-state index contributed by atoms with van der Waals surface area (Å²) in [6.45, 7) is 7.60. The Bertz CT molecular complexity index is 632. The summed E-state index contributed by atoms with van der Waals surface area (Å²) in [5.41, 5.74) is 2.41. The summed E-state index contributed by atoms with van der Waals surface area (Å²) in [4.78, 5) is 0. The van der Waals surface area contributed by atoms with Gasteiger partial charge in [-0.25, -0.2) is 0 Å². The van der Waals surface area contributed by atoms with Crippen molar-refractivity contribution in [2.45, 2.75) is 25.4 Å². The van der Waals surface area contributed by atoms with Crippen molar-refractivity contribution in [3.63, 3.8) is 0 Å². The van der Waals surface area contributed by atoms with E-state index in [0.717, 1.165) is 25.0 Å². The molecule has 0 aliphatic heterocycles. The van der Waals surface area contributed by atoms with Crippen molar-refractivity contribution in [2.24, 2.45) is 0 Å². The van der Waals surface area contributed by atoms with Gasteiger partial charge >= 0.3 is 0 Å². The van der Waals surface area contributed by atoms with Gasteiger partial charge in [-0.2, -0.15) is 0 Å². The zero-order valence-electron chi connectivity index (χ0n) is 14.4. The standard InChI is InChI=1S/C21H26O2Si/c1-4-6-8-20(7-5-2)23-24-21-15-11-18(12-16-21)17-9-13-19(22-3)14-10-17/h4-5,9-16,20H,1-2,6-8,24H2,3H3. The molecule has 0 fully saturated rings. The summed E-state index contributed by atoms with van der Waals surface area (Å²) in [6, 6.07) is 16.8. The fraction of sp³-hybridized carbons (Fsp3) is 0.238. The van der Waals surface area contributed by atoms with Crippen molar-refractivity contribution < 1.29 is 9.16 Å². The van der Waals surface area contributed by atoms with Crippen LogP contribution in [0.4, 0.5) is 0 Å². The topological polar surface area (TPSA) is 18.5 Å². The lowest BCUT2D eigenvalue weighted by atomic mass is 10.1. The molecule has 2 aromatic carbocycles. The molecule has 1 unspecified atom stereocenters. The van der Waals surface area contributed by atoms with Gasteiger partial charge in [0.05, 0.1) is 7.11 Å². The van der Waals surface area contributed by atoms with Crippen molar-refractivity contribution in [2.75, 3.05) is 7.11 Å². The number of hydrogen-bond donors (Lipinski definition) is 0. The van der Waals surface area contributed by atoms with Crippen LogP contribution in [-0.2, 0) is 4.43 Å². The third-order valence-electron chi connectivity index (χ3n) is 3.99. The molecule has 3 heteroatoms. The largest absolute Gasteiger partial charge is 0.497 e. The average molecular weight is 339 g/mol. The molecule has 0 saturated heterocycles. The van der Waals surface area contributed by atoms with Crippen LogP contribution in [0.2, 0.25) is 0 Å². The molecule has 0 aliphatic carbocycles. The van der Waals surface area contributed by atoms with Crippen LogP contribution in [0.5, 0.6) is 5.75 Å². The van der Waals surface area contributed by atoms with E-state index in [0.29, 0.717) is 0 Å². The molecule has 0 N–H and O–H groups in total. The van der Waals surface area contributed by atoms with Gasteiger partial charge in [0.15, 0.2) is 9.76 Å². The number of rotatable bonds is 10. The number of hydrogen-bond acceptors (Lipinski definition) is 2. The van der Waals surface area contributed by atoms with E-state index in [1.807, 2.05) is 24.3 Å². The van der Waals surface area contributed by atoms with Crippen molar-refractivity contribution in [3.8, 4) is 16.9 Å². The maximum Gasteiger partial charge on any atom is 0.192 e. The van der Waals surface area contributed by atoms with Crippen LogP contribution < -0.4 is 9.92 Å². The van der Waals surface area contributed by atoms with Crippen LogP contribution in [0.25, 0.3) is 11.1 Å². The van der Waals surface area contributed by atoms with E-state index in [-0.39, 0.29) is 6.10 Å². The molecule has 0 heterocycles. The lowest BCUT2D eigenvalue weighted by Crippen LogP contribution is -2.23. The first kappa shape index (κ1) is 18.2. The quantitative estimate of drug-likeness (QED) is 0.481. The Hall–Kier alpha value is -2.10. The van der Waals surface area contributed by atoms with Gasteiger partial charge in [-0.3, -0.25) is 0 Å². The zero-order valence-corrected chi connectivity index (χ0v) is 15.8. The van der Waals surface area contributed by atoms with Gasteiger partial charge < -0.3 is 9.16 Å². The van der Waals surface area contributed by atoms with E-state index in [1.54, 1.807) is 7.11 Å². The molecular weight excluding hydrogens is 312 g/mol. The van der Waals surface area contributed by atoms with Gasteiger partial charge in [0.1, 0.15) is 5.75 Å². The summed E-state index contributed by atoms with van der Waals surface area (Å²) >= 11 is 0. The van der Waals surface area contributed by atoms with Gasteiger partial charge in [0.25, 0.3) is 0 Å². The molecule has 1 atom stereocenters. The Morgan fingerprint density at radius 1 is 0.958 bits per heavy atom. The fourth-order valence-electron chi connectivity index (χ4n) is 2.55. The minimum absolute atomic E-state index is 0.272. The van der Waals surface area contributed by atoms with Gasteiger partial charge in [-0.15, -0.1) is 13.2 Å². The van der Waals surface area contributed by atoms with Crippen LogP contribution in [-0.4, -0.2) is 23.0 Å². The maximum absolute atomic E-state index is 6.15. The van der Waals surface area contributed by atoms with E-state index in [4.69, 9.17) is 9.16 Å². The van der Waals surface area contributed by atoms with Gasteiger partial charge in [-0.1, -0.05) is 48.6 Å². The molecule has 0 aromatic heterocycles. The molecule has 0 aliphatic rings. The Balaban J connectivity index is 1.95. The number of benzene rings is 2. The van der Waals surface area contributed by atoms with Crippen molar-refractivity contribution >= 4 is 14.9 Å². The highest BCUT2D eigenvalue weighted by molar-refractivity contribution is 6.46. The van der Waals surface area contributed by atoms with Crippen LogP contribution in [0.1, 0.15) is 19.3 Å². The number of allylic oxidation sites excluding steroid dienone is 1. The second-order valence-electron chi connectivity index (χ2n) is 5.75. The first-order chi connectivity index (χ1) is 11.8. The molecule has 0 spiro atoms. The minimum Gasteiger partial charge on any atom is -0.497 e. The highest BCUT2D eigenvalue weighted by Crippen LogP contribution is 2.21. The van der Waals surface area contributed by atoms with E-state index >= 15 is 0 Å². The van der Waals surface area contributed by atoms with Crippen molar-refractivity contribution in [3.05, 3.63) is 73.8 Å². The predicted octanol–water partition coefficient (Wildman–Crippen LogP) is 4.00. The smallest absolute Gasteiger partial charge is 0.192 e. The van der Waals surface area contributed by atoms with Gasteiger partial charge in [0, 0.05) is 6.10 Å². The molecule has 2 aromatic rings. The molecule has 126 valence electrons. The van der Waals surface area contributed by atoms with Crippen molar-refractivity contribution in [1.82, 2.24) is 0 Å². The summed E-state index contributed by atoms with van der Waals surface area (Å²) in [5.74, 6) is 0.879. The maximum atomic E-state index is 6.15. The van der Waals surface area contributed by atoms with Gasteiger partial charge in [-0.05, 0) is 47.7 Å². The number of methoxy groups -OCH3 is 1. The summed E-state index contributed by atoms with van der Waals surface area (Å²) in [6.07, 6.45) is 7.08. The highest BCUT2D eigenvalue weighted by Gasteiger charge is 2.07. The second-order valence-corrected chi connectivity index (χ2v) is 7.19. The summed E-state index contributed by atoms with van der Waals surface area (Å²) in [5, 5.41) is 1.32. The molecule has 0 amide bonds. The molecular formula is C21H26O2Si. The molecule has 24 heavy (non-hydrogen) atoms. The van der Waals surface area contributed by atoms with E-state index in [9.17, 15) is 0 Å². The summed E-state index contributed by atoms with van der Waals surface area (Å²) < 4.78 is 11.4. The van der Waals surface area contributed by atoms with E-state index in [2.05, 4.69) is 49.6 Å². The Labute approximate surface area is 147 Å². The number of ether oxygens (including phenoxy) is 1. The van der Waals surface area contributed by atoms with E-state index in [1.165, 1.54) is 16.3 Å². The monoisotopic (exact) mass is 338 g/mol. The Morgan fingerprint density at radius 2 is 1.58 bits per heavy atom. The molecule has 0 saturated carbocycles. The lowest BCUT2D eigenvalue weighted by molar-refractivity contribution is 0.209. The van der Waals surface area contributed by atoms with E-state index < -0.39 is 9.76 Å². The van der Waals surface area contributed by atoms with Crippen LogP contribution in [0.15, 0.2) is 73.8 Å². The lowest BCUT2D eigenvalue weighted by Gasteiger charge is -2.16. The van der Waals surface area contributed by atoms with Gasteiger partial charge in [0.2, 0.25) is 0 Å². The second kappa shape index (κ2) is 9.91. The first-order valence-corrected chi connectivity index (χ1v) is 9.62. The Morgan fingerprint density at radius 3 is 2.12 bits per heavy atom. The SMILES string of the molecule is C=CCCC(CC=C)O[SiH2]c1ccc(-c2ccc(OC)cc2)cc1.